The Balaban J connectivity index is 1.42. The van der Waals surface area contributed by atoms with Crippen LogP contribution in [0.2, 0.25) is 0 Å². The summed E-state index contributed by atoms with van der Waals surface area (Å²) in [5, 5.41) is 7.18. The Bertz CT molecular complexity index is 383. The van der Waals surface area contributed by atoms with Crippen molar-refractivity contribution >= 4 is 23.2 Å². The van der Waals surface area contributed by atoms with Crippen LogP contribution in [0.4, 0.5) is 0 Å². The molecule has 3 aliphatic rings. The number of thiocarbonyl (C=S) groups is 1. The van der Waals surface area contributed by atoms with E-state index in [2.05, 4.69) is 10.6 Å². The number of rotatable bonds is 4. The van der Waals surface area contributed by atoms with Gasteiger partial charge in [0.25, 0.3) is 0 Å². The van der Waals surface area contributed by atoms with Gasteiger partial charge >= 0.3 is 0 Å². The van der Waals surface area contributed by atoms with E-state index in [0.29, 0.717) is 18.6 Å². The maximum absolute atomic E-state index is 11.7. The summed E-state index contributed by atoms with van der Waals surface area (Å²) in [5.41, 5.74) is 0. The fourth-order valence-corrected chi connectivity index (χ4v) is 3.69. The Labute approximate surface area is 120 Å². The fourth-order valence-electron chi connectivity index (χ4n) is 3.48. The number of nitrogens with one attached hydrogen (secondary N) is 2. The van der Waals surface area contributed by atoms with Crippen molar-refractivity contribution in [3.8, 4) is 0 Å². The van der Waals surface area contributed by atoms with E-state index in [1.807, 2.05) is 11.9 Å². The molecule has 4 nitrogen and oxygen atoms in total. The van der Waals surface area contributed by atoms with Gasteiger partial charge in [0.05, 0.1) is 6.54 Å². The van der Waals surface area contributed by atoms with Gasteiger partial charge in [-0.2, -0.15) is 0 Å². The molecule has 1 amide bonds. The minimum atomic E-state index is 0.0853. The number of likely N-dealkylation sites (N-methyl/N-ethyl adjacent to an activating group) is 1. The highest BCUT2D eigenvalue weighted by Crippen LogP contribution is 2.44. The maximum Gasteiger partial charge on any atom is 0.239 e. The van der Waals surface area contributed by atoms with Crippen molar-refractivity contribution in [1.29, 1.82) is 0 Å². The van der Waals surface area contributed by atoms with E-state index in [-0.39, 0.29) is 5.91 Å². The van der Waals surface area contributed by atoms with Crippen LogP contribution < -0.4 is 10.6 Å². The average molecular weight is 281 g/mol. The van der Waals surface area contributed by atoms with Crippen molar-refractivity contribution in [2.75, 3.05) is 13.6 Å². The molecular weight excluding hydrogens is 258 g/mol. The van der Waals surface area contributed by atoms with Crippen molar-refractivity contribution in [2.24, 2.45) is 11.8 Å². The summed E-state index contributed by atoms with van der Waals surface area (Å²) in [6.45, 7) is 0.364. The second kappa shape index (κ2) is 5.27. The van der Waals surface area contributed by atoms with Crippen LogP contribution >= 0.6 is 12.2 Å². The van der Waals surface area contributed by atoms with Crippen LogP contribution in [-0.4, -0.2) is 41.6 Å². The van der Waals surface area contributed by atoms with Crippen LogP contribution in [0, 0.1) is 11.8 Å². The number of amides is 1. The first kappa shape index (κ1) is 13.2. The van der Waals surface area contributed by atoms with Crippen molar-refractivity contribution in [2.45, 2.75) is 50.6 Å². The van der Waals surface area contributed by atoms with E-state index >= 15 is 0 Å². The van der Waals surface area contributed by atoms with Crippen LogP contribution in [0.5, 0.6) is 0 Å². The van der Waals surface area contributed by atoms with E-state index in [1.165, 1.54) is 25.7 Å². The molecule has 19 heavy (non-hydrogen) atoms. The SMILES string of the molecule is CN(CC(=O)NC1CC1)C(=S)N[C@@H]1C[C@H]2CC[C@H]1C2. The van der Waals surface area contributed by atoms with Gasteiger partial charge in [-0.05, 0) is 56.2 Å². The van der Waals surface area contributed by atoms with Crippen LogP contribution in [0.1, 0.15) is 38.5 Å². The van der Waals surface area contributed by atoms with Gasteiger partial charge in [-0.25, -0.2) is 0 Å². The van der Waals surface area contributed by atoms with Crippen molar-refractivity contribution in [3.05, 3.63) is 0 Å². The molecule has 3 aliphatic carbocycles. The molecule has 0 aromatic carbocycles. The molecule has 2 N–H and O–H groups in total. The third-order valence-corrected chi connectivity index (χ3v) is 5.15. The summed E-state index contributed by atoms with van der Waals surface area (Å²) in [6.07, 6.45) is 7.62. The third kappa shape index (κ3) is 3.19. The molecule has 3 saturated carbocycles. The highest BCUT2D eigenvalue weighted by molar-refractivity contribution is 7.80. The molecule has 106 valence electrons. The van der Waals surface area contributed by atoms with Gasteiger partial charge < -0.3 is 15.5 Å². The van der Waals surface area contributed by atoms with Crippen LogP contribution in [0.3, 0.4) is 0 Å². The molecule has 0 aliphatic heterocycles. The van der Waals surface area contributed by atoms with Gasteiger partial charge in [0.1, 0.15) is 0 Å². The van der Waals surface area contributed by atoms with E-state index in [1.54, 1.807) is 0 Å². The molecule has 0 aromatic rings. The highest BCUT2D eigenvalue weighted by Gasteiger charge is 2.39. The van der Waals surface area contributed by atoms with E-state index in [0.717, 1.165) is 29.8 Å². The molecule has 0 aromatic heterocycles. The average Bonchev–Trinajstić information content (AvgIpc) is 2.93. The molecule has 0 heterocycles. The number of carbonyl (C=O) groups excluding carboxylic acids is 1. The van der Waals surface area contributed by atoms with E-state index in [9.17, 15) is 4.79 Å². The molecule has 2 bridgehead atoms. The second-order valence-corrected chi connectivity index (χ2v) is 6.82. The minimum Gasteiger partial charge on any atom is -0.360 e. The standard InChI is InChI=1S/C14H23N3OS/c1-17(8-13(18)15-11-4-5-11)14(19)16-12-7-9-2-3-10(12)6-9/h9-12H,2-8H2,1H3,(H,15,18)(H,16,19)/t9-,10-,12+/m0/s1. The van der Waals surface area contributed by atoms with Crippen LogP contribution in [-0.2, 0) is 4.79 Å². The monoisotopic (exact) mass is 281 g/mol. The highest BCUT2D eigenvalue weighted by atomic mass is 32.1. The zero-order valence-corrected chi connectivity index (χ0v) is 12.3. The molecule has 0 unspecified atom stereocenters. The second-order valence-electron chi connectivity index (χ2n) is 6.43. The molecule has 3 fully saturated rings. The number of hydrogen-bond acceptors (Lipinski definition) is 2. The zero-order valence-electron chi connectivity index (χ0n) is 11.5. The maximum atomic E-state index is 11.7. The Morgan fingerprint density at radius 3 is 2.58 bits per heavy atom. The van der Waals surface area contributed by atoms with Crippen molar-refractivity contribution in [3.63, 3.8) is 0 Å². The molecule has 0 spiro atoms. The predicted octanol–water partition coefficient (Wildman–Crippen LogP) is 1.26. The molecular formula is C14H23N3OS. The molecule has 0 radical (unpaired) electrons. The lowest BCUT2D eigenvalue weighted by atomic mass is 9.95. The van der Waals surface area contributed by atoms with Gasteiger partial charge in [0, 0.05) is 19.1 Å². The van der Waals surface area contributed by atoms with Crippen LogP contribution in [0.25, 0.3) is 0 Å². The number of hydrogen-bond donors (Lipinski definition) is 2. The largest absolute Gasteiger partial charge is 0.360 e. The van der Waals surface area contributed by atoms with Crippen molar-refractivity contribution in [1.82, 2.24) is 15.5 Å². The molecule has 3 rings (SSSR count). The Morgan fingerprint density at radius 1 is 1.21 bits per heavy atom. The van der Waals surface area contributed by atoms with Gasteiger partial charge in [-0.3, -0.25) is 4.79 Å². The lowest BCUT2D eigenvalue weighted by Gasteiger charge is -2.28. The third-order valence-electron chi connectivity index (χ3n) is 4.72. The van der Waals surface area contributed by atoms with Gasteiger partial charge in [-0.15, -0.1) is 0 Å². The van der Waals surface area contributed by atoms with E-state index in [4.69, 9.17) is 12.2 Å². The lowest BCUT2D eigenvalue weighted by molar-refractivity contribution is -0.121. The lowest BCUT2D eigenvalue weighted by Crippen LogP contribution is -2.48. The Kier molecular flexibility index (Phi) is 3.65. The summed E-state index contributed by atoms with van der Waals surface area (Å²) >= 11 is 5.41. The minimum absolute atomic E-state index is 0.0853. The van der Waals surface area contributed by atoms with Gasteiger partial charge in [-0.1, -0.05) is 6.42 Å². The molecule has 3 atom stereocenters. The summed E-state index contributed by atoms with van der Waals surface area (Å²) in [7, 11) is 1.90. The quantitative estimate of drug-likeness (QED) is 0.762. The topological polar surface area (TPSA) is 44.4 Å². The number of fused-ring (bicyclic) bond motifs is 2. The summed E-state index contributed by atoms with van der Waals surface area (Å²) < 4.78 is 0. The van der Waals surface area contributed by atoms with Gasteiger partial charge in [0.15, 0.2) is 5.11 Å². The Morgan fingerprint density at radius 2 is 2.00 bits per heavy atom. The summed E-state index contributed by atoms with van der Waals surface area (Å²) in [5.74, 6) is 1.80. The van der Waals surface area contributed by atoms with E-state index < -0.39 is 0 Å². The Hall–Kier alpha value is -0.840. The first-order valence-electron chi connectivity index (χ1n) is 7.43. The summed E-state index contributed by atoms with van der Waals surface area (Å²) in [6, 6.07) is 0.966. The smallest absolute Gasteiger partial charge is 0.239 e. The van der Waals surface area contributed by atoms with Gasteiger partial charge in [0.2, 0.25) is 5.91 Å². The fraction of sp³-hybridized carbons (Fsp3) is 0.857. The zero-order chi connectivity index (χ0) is 13.4. The molecule has 0 saturated heterocycles. The van der Waals surface area contributed by atoms with Crippen LogP contribution in [0.15, 0.2) is 0 Å². The van der Waals surface area contributed by atoms with Crippen molar-refractivity contribution < 1.29 is 4.79 Å². The number of nitrogens with zero attached hydrogens (tertiary/aromatic N) is 1. The molecule has 5 heteroatoms. The number of carbonyl (C=O) groups is 1. The normalized spacial score (nSPS) is 32.2. The summed E-state index contributed by atoms with van der Waals surface area (Å²) in [4.78, 5) is 13.6. The first-order valence-corrected chi connectivity index (χ1v) is 7.83. The first-order chi connectivity index (χ1) is 9.11. The predicted molar refractivity (Wildman–Crippen MR) is 78.8 cm³/mol.